The Morgan fingerprint density at radius 2 is 1.76 bits per heavy atom. The fraction of sp³-hybridized carbons (Fsp3) is 0.833. The highest BCUT2D eigenvalue weighted by Crippen LogP contribution is 2.16. The predicted molar refractivity (Wildman–Crippen MR) is 72.9 cm³/mol. The summed E-state index contributed by atoms with van der Waals surface area (Å²) in [5, 5.41) is 0. The largest absolute Gasteiger partial charge is 0.372 e. The van der Waals surface area contributed by atoms with Gasteiger partial charge in [0.05, 0.1) is 20.6 Å². The first-order valence-corrected chi connectivity index (χ1v) is 7.56. The van der Waals surface area contributed by atoms with Crippen molar-refractivity contribution in [2.24, 2.45) is 0 Å². The van der Waals surface area contributed by atoms with E-state index in [4.69, 9.17) is 0 Å². The predicted octanol–water partition coefficient (Wildman–Crippen LogP) is 2.01. The Morgan fingerprint density at radius 1 is 1.24 bits per heavy atom. The lowest BCUT2D eigenvalue weighted by Gasteiger charge is -2.33. The summed E-state index contributed by atoms with van der Waals surface area (Å²) in [5.74, 6) is 0. The molecule has 0 bridgehead atoms. The second kappa shape index (κ2) is 6.52. The maximum absolute atomic E-state index is 12.5. The first-order valence-electron chi connectivity index (χ1n) is 6.16. The quantitative estimate of drug-likeness (QED) is 0.496. The van der Waals surface area contributed by atoms with Crippen LogP contribution in [-0.4, -0.2) is 50.3 Å². The van der Waals surface area contributed by atoms with E-state index in [0.29, 0.717) is 19.6 Å². The first-order chi connectivity index (χ1) is 7.69. The zero-order valence-corrected chi connectivity index (χ0v) is 12.7. The van der Waals surface area contributed by atoms with E-state index in [1.54, 1.807) is 18.4 Å². The Bertz CT molecular complexity index is 348. The van der Waals surface area contributed by atoms with Gasteiger partial charge in [-0.25, -0.2) is 3.89 Å². The van der Waals surface area contributed by atoms with Crippen LogP contribution in [0.15, 0.2) is 12.2 Å². The molecule has 0 N–H and O–H groups in total. The summed E-state index contributed by atoms with van der Waals surface area (Å²) in [6.45, 7) is 11.2. The highest BCUT2D eigenvalue weighted by Gasteiger charge is 2.37. The molecule has 0 heterocycles. The molecule has 0 aliphatic carbocycles. The number of rotatable bonds is 8. The van der Waals surface area contributed by atoms with Crippen LogP contribution in [0.4, 0.5) is 0 Å². The molecule has 0 fully saturated rings. The summed E-state index contributed by atoms with van der Waals surface area (Å²) in [7, 11) is 0.190. The lowest BCUT2D eigenvalue weighted by Crippen LogP contribution is -2.54. The molecule has 0 rings (SSSR count). The molecule has 0 aliphatic heterocycles. The van der Waals surface area contributed by atoms with Crippen molar-refractivity contribution in [1.29, 1.82) is 0 Å². The van der Waals surface area contributed by atoms with E-state index < -0.39 is 10.2 Å². The highest BCUT2D eigenvalue weighted by atomic mass is 32.2. The van der Waals surface area contributed by atoms with Gasteiger partial charge in [0.15, 0.2) is 0 Å². The van der Waals surface area contributed by atoms with Gasteiger partial charge in [-0.3, -0.25) is 0 Å². The molecule has 0 aliphatic rings. The van der Waals surface area contributed by atoms with Crippen molar-refractivity contribution in [3.63, 3.8) is 0 Å². The van der Waals surface area contributed by atoms with Crippen molar-refractivity contribution in [3.8, 4) is 0 Å². The maximum atomic E-state index is 12.5. The normalized spacial score (nSPS) is 13.1. The van der Waals surface area contributed by atoms with Crippen LogP contribution in [0.3, 0.4) is 0 Å². The second-order valence-electron chi connectivity index (χ2n) is 5.07. The monoisotopic (exact) mass is 263 g/mol. The average Bonchev–Trinajstić information content (AvgIpc) is 2.16. The van der Waals surface area contributed by atoms with E-state index in [2.05, 4.69) is 6.58 Å². The molecule has 4 nitrogen and oxygen atoms in total. The summed E-state index contributed by atoms with van der Waals surface area (Å²) < 4.78 is 26.6. The van der Waals surface area contributed by atoms with E-state index in [-0.39, 0.29) is 3.89 Å². The van der Waals surface area contributed by atoms with Crippen LogP contribution in [0.2, 0.25) is 0 Å². The number of hydrogen-bond acceptors (Lipinski definition) is 2. The van der Waals surface area contributed by atoms with Gasteiger partial charge in [-0.15, -0.1) is 0 Å². The van der Waals surface area contributed by atoms with E-state index in [0.717, 1.165) is 18.4 Å². The highest BCUT2D eigenvalue weighted by molar-refractivity contribution is 7.83. The first kappa shape index (κ1) is 16.6. The van der Waals surface area contributed by atoms with Crippen molar-refractivity contribution >= 4 is 10.2 Å². The van der Waals surface area contributed by atoms with Crippen molar-refractivity contribution in [1.82, 2.24) is 4.31 Å². The molecule has 0 radical (unpaired) electrons. The molecule has 0 atom stereocenters. The number of quaternary nitrogens is 1. The summed E-state index contributed by atoms with van der Waals surface area (Å²) >= 11 is 0. The Kier molecular flexibility index (Phi) is 6.37. The van der Waals surface area contributed by atoms with Crippen molar-refractivity contribution in [2.45, 2.75) is 33.6 Å². The van der Waals surface area contributed by atoms with Crippen LogP contribution in [0.25, 0.3) is 0 Å². The Hall–Kier alpha value is -0.390. The summed E-state index contributed by atoms with van der Waals surface area (Å²) in [5.41, 5.74) is 0.874. The topological polar surface area (TPSA) is 37.4 Å². The molecular formula is C12H27N2O2S+. The Labute approximate surface area is 107 Å². The Balaban J connectivity index is 5.13. The minimum absolute atomic E-state index is 0.0107. The summed E-state index contributed by atoms with van der Waals surface area (Å²) in [4.78, 5) is 0. The van der Waals surface area contributed by atoms with E-state index in [1.165, 1.54) is 0 Å². The van der Waals surface area contributed by atoms with Crippen molar-refractivity contribution in [2.75, 3.05) is 33.7 Å². The van der Waals surface area contributed by atoms with Gasteiger partial charge >= 0.3 is 10.2 Å². The van der Waals surface area contributed by atoms with Crippen LogP contribution in [0, 0.1) is 0 Å². The molecule has 0 spiro atoms. The standard InChI is InChI=1S/C12H27N2O2S/c1-7-9-13(11-12(3)4)17(15,16)14(5,6)10-8-2/h3,7-11H2,1-2,4-6H3/q+1. The van der Waals surface area contributed by atoms with Gasteiger partial charge in [0.25, 0.3) is 0 Å². The molecular weight excluding hydrogens is 236 g/mol. The van der Waals surface area contributed by atoms with Gasteiger partial charge in [-0.2, -0.15) is 12.7 Å². The van der Waals surface area contributed by atoms with Crippen LogP contribution in [0.1, 0.15) is 33.6 Å². The minimum atomic E-state index is -3.31. The zero-order valence-electron chi connectivity index (χ0n) is 11.9. The lowest BCUT2D eigenvalue weighted by molar-refractivity contribution is -0.765. The molecule has 17 heavy (non-hydrogen) atoms. The maximum Gasteiger partial charge on any atom is 0.372 e. The third kappa shape index (κ3) is 4.41. The van der Waals surface area contributed by atoms with Gasteiger partial charge in [0, 0.05) is 13.1 Å². The third-order valence-corrected chi connectivity index (χ3v) is 5.03. The van der Waals surface area contributed by atoms with Crippen LogP contribution >= 0.6 is 0 Å². The van der Waals surface area contributed by atoms with Crippen LogP contribution < -0.4 is 0 Å². The van der Waals surface area contributed by atoms with Crippen LogP contribution in [0.5, 0.6) is 0 Å². The average molecular weight is 263 g/mol. The molecule has 0 amide bonds. The molecule has 102 valence electrons. The third-order valence-electron chi connectivity index (χ3n) is 2.63. The van der Waals surface area contributed by atoms with Gasteiger partial charge in [0.1, 0.15) is 0 Å². The fourth-order valence-electron chi connectivity index (χ4n) is 1.79. The fourth-order valence-corrected chi connectivity index (χ4v) is 3.63. The summed E-state index contributed by atoms with van der Waals surface area (Å²) in [6.07, 6.45) is 1.66. The van der Waals surface area contributed by atoms with Gasteiger partial charge in [0.2, 0.25) is 0 Å². The lowest BCUT2D eigenvalue weighted by atomic mass is 10.3. The SMILES string of the molecule is C=C(C)CN(CCC)S(=O)(=O)[N+](C)(C)CCC. The van der Waals surface area contributed by atoms with E-state index in [9.17, 15) is 8.42 Å². The number of hydrogen-bond donors (Lipinski definition) is 0. The van der Waals surface area contributed by atoms with Gasteiger partial charge in [-0.1, -0.05) is 26.0 Å². The molecule has 0 aromatic heterocycles. The molecule has 5 heteroatoms. The second-order valence-corrected chi connectivity index (χ2v) is 7.47. The minimum Gasteiger partial charge on any atom is -0.210 e. The molecule has 0 aromatic rings. The van der Waals surface area contributed by atoms with Gasteiger partial charge in [-0.05, 0) is 19.8 Å². The molecule has 0 saturated carbocycles. The molecule has 0 unspecified atom stereocenters. The van der Waals surface area contributed by atoms with Crippen molar-refractivity contribution < 1.29 is 12.3 Å². The smallest absolute Gasteiger partial charge is 0.210 e. The van der Waals surface area contributed by atoms with Crippen LogP contribution in [-0.2, 0) is 10.2 Å². The number of nitrogens with zero attached hydrogens (tertiary/aromatic N) is 2. The van der Waals surface area contributed by atoms with Gasteiger partial charge < -0.3 is 0 Å². The molecule has 0 aromatic carbocycles. The molecule has 0 saturated heterocycles. The van der Waals surface area contributed by atoms with E-state index in [1.807, 2.05) is 20.8 Å². The zero-order chi connectivity index (χ0) is 13.7. The van der Waals surface area contributed by atoms with Crippen molar-refractivity contribution in [3.05, 3.63) is 12.2 Å². The Morgan fingerprint density at radius 3 is 2.12 bits per heavy atom. The summed E-state index contributed by atoms with van der Waals surface area (Å²) in [6, 6.07) is 0. The van der Waals surface area contributed by atoms with E-state index >= 15 is 0 Å².